The second-order valence-corrected chi connectivity index (χ2v) is 4.53. The number of amides is 1. The highest BCUT2D eigenvalue weighted by Gasteiger charge is 2.31. The van der Waals surface area contributed by atoms with E-state index < -0.39 is 17.6 Å². The molecule has 1 N–H and O–H groups in total. The molecule has 0 aliphatic carbocycles. The molecule has 0 heterocycles. The number of carbonyl (C=O) groups excluding carboxylic acids is 2. The number of nitrogens with one attached hydrogen (secondary N) is 1. The monoisotopic (exact) mass is 265 g/mol. The van der Waals surface area contributed by atoms with Gasteiger partial charge in [0, 0.05) is 0 Å². The van der Waals surface area contributed by atoms with Crippen LogP contribution >= 0.6 is 0 Å². The zero-order valence-electron chi connectivity index (χ0n) is 11.4. The summed E-state index contributed by atoms with van der Waals surface area (Å²) >= 11 is 0. The average molecular weight is 265 g/mol. The maximum atomic E-state index is 11.6. The Kier molecular flexibility index (Phi) is 5.36. The van der Waals surface area contributed by atoms with Gasteiger partial charge < -0.3 is 14.8 Å². The van der Waals surface area contributed by atoms with Crippen LogP contribution in [-0.4, -0.2) is 24.2 Å². The first-order valence-electron chi connectivity index (χ1n) is 6.12. The summed E-state index contributed by atoms with van der Waals surface area (Å²) in [5, 5.41) is 2.48. The zero-order chi connectivity index (χ0) is 14.3. The van der Waals surface area contributed by atoms with Gasteiger partial charge in [0.1, 0.15) is 12.1 Å². The lowest BCUT2D eigenvalue weighted by Crippen LogP contribution is -2.50. The maximum absolute atomic E-state index is 11.6. The van der Waals surface area contributed by atoms with E-state index in [4.69, 9.17) is 9.47 Å². The van der Waals surface area contributed by atoms with Crippen molar-refractivity contribution in [3.05, 3.63) is 35.9 Å². The summed E-state index contributed by atoms with van der Waals surface area (Å²) in [6.07, 6.45) is -0.651. The molecule has 0 fully saturated rings. The highest BCUT2D eigenvalue weighted by Crippen LogP contribution is 2.07. The Morgan fingerprint density at radius 2 is 1.79 bits per heavy atom. The Bertz CT molecular complexity index is 428. The van der Waals surface area contributed by atoms with Crippen molar-refractivity contribution in [1.29, 1.82) is 0 Å². The molecular formula is C14H19NO4. The number of alkyl carbamates (subject to hydrolysis) is 1. The second kappa shape index (κ2) is 6.78. The maximum Gasteiger partial charge on any atom is 0.408 e. The van der Waals surface area contributed by atoms with Crippen LogP contribution in [0.4, 0.5) is 4.79 Å². The van der Waals surface area contributed by atoms with Gasteiger partial charge in [-0.05, 0) is 26.3 Å². The molecule has 1 amide bonds. The average Bonchev–Trinajstić information content (AvgIpc) is 2.37. The van der Waals surface area contributed by atoms with Crippen LogP contribution < -0.4 is 5.32 Å². The predicted octanol–water partition coefficient (Wildman–Crippen LogP) is 2.25. The number of carbonyl (C=O) groups is 2. The van der Waals surface area contributed by atoms with Gasteiger partial charge in [0.15, 0.2) is 0 Å². The lowest BCUT2D eigenvalue weighted by molar-refractivity contribution is -0.149. The molecule has 0 aliphatic heterocycles. The Morgan fingerprint density at radius 1 is 1.16 bits per heavy atom. The zero-order valence-corrected chi connectivity index (χ0v) is 11.4. The molecular weight excluding hydrogens is 246 g/mol. The lowest BCUT2D eigenvalue weighted by Gasteiger charge is -2.23. The van der Waals surface area contributed by atoms with E-state index in [0.717, 1.165) is 5.56 Å². The highest BCUT2D eigenvalue weighted by molar-refractivity contribution is 5.84. The van der Waals surface area contributed by atoms with E-state index in [9.17, 15) is 9.59 Å². The van der Waals surface area contributed by atoms with Crippen LogP contribution in [0, 0.1) is 0 Å². The van der Waals surface area contributed by atoms with E-state index in [-0.39, 0.29) is 13.2 Å². The minimum absolute atomic E-state index is 0.158. The summed E-state index contributed by atoms with van der Waals surface area (Å²) in [4.78, 5) is 23.2. The molecule has 0 aromatic heterocycles. The third-order valence-corrected chi connectivity index (χ3v) is 2.41. The standard InChI is InChI=1S/C14H19NO4/c1-4-18-12(16)14(2,3)15-13(17)19-10-11-8-6-5-7-9-11/h5-9H,4,10H2,1-3H3,(H,15,17). The summed E-state index contributed by atoms with van der Waals surface area (Å²) in [5.41, 5.74) is -0.226. The van der Waals surface area contributed by atoms with Crippen molar-refractivity contribution >= 4 is 12.1 Å². The third kappa shape index (κ3) is 4.99. The molecule has 0 atom stereocenters. The second-order valence-electron chi connectivity index (χ2n) is 4.53. The van der Waals surface area contributed by atoms with Crippen LogP contribution in [0.1, 0.15) is 26.3 Å². The van der Waals surface area contributed by atoms with Crippen LogP contribution in [0.2, 0.25) is 0 Å². The molecule has 0 radical (unpaired) electrons. The van der Waals surface area contributed by atoms with Crippen molar-refractivity contribution in [3.63, 3.8) is 0 Å². The van der Waals surface area contributed by atoms with Gasteiger partial charge in [-0.1, -0.05) is 30.3 Å². The molecule has 1 aromatic carbocycles. The van der Waals surface area contributed by atoms with Gasteiger partial charge in [0.25, 0.3) is 0 Å². The topological polar surface area (TPSA) is 64.6 Å². The van der Waals surface area contributed by atoms with Gasteiger partial charge >= 0.3 is 12.1 Å². The molecule has 104 valence electrons. The Morgan fingerprint density at radius 3 is 2.37 bits per heavy atom. The molecule has 5 heteroatoms. The minimum atomic E-state index is -1.11. The number of ether oxygens (including phenoxy) is 2. The molecule has 1 rings (SSSR count). The van der Waals surface area contributed by atoms with Crippen molar-refractivity contribution in [2.24, 2.45) is 0 Å². The molecule has 1 aromatic rings. The van der Waals surface area contributed by atoms with Crippen molar-refractivity contribution in [2.45, 2.75) is 32.9 Å². The number of esters is 1. The van der Waals surface area contributed by atoms with Crippen LogP contribution in [0.3, 0.4) is 0 Å². The highest BCUT2D eigenvalue weighted by atomic mass is 16.6. The summed E-state index contributed by atoms with van der Waals surface area (Å²) in [6.45, 7) is 5.26. The van der Waals surface area contributed by atoms with E-state index >= 15 is 0 Å². The molecule has 0 unspecified atom stereocenters. The summed E-state index contributed by atoms with van der Waals surface area (Å²) in [5.74, 6) is -0.494. The summed E-state index contributed by atoms with van der Waals surface area (Å²) in [7, 11) is 0. The van der Waals surface area contributed by atoms with Gasteiger partial charge in [-0.25, -0.2) is 9.59 Å². The third-order valence-electron chi connectivity index (χ3n) is 2.41. The summed E-state index contributed by atoms with van der Waals surface area (Å²) < 4.78 is 9.90. The fourth-order valence-electron chi connectivity index (χ4n) is 1.38. The van der Waals surface area contributed by atoms with Crippen LogP contribution in [0.25, 0.3) is 0 Å². The van der Waals surface area contributed by atoms with Crippen molar-refractivity contribution in [2.75, 3.05) is 6.61 Å². The lowest BCUT2D eigenvalue weighted by atomic mass is 10.1. The van der Waals surface area contributed by atoms with E-state index in [0.29, 0.717) is 0 Å². The number of rotatable bonds is 5. The van der Waals surface area contributed by atoms with Gasteiger partial charge in [-0.3, -0.25) is 0 Å². The van der Waals surface area contributed by atoms with Gasteiger partial charge in [-0.15, -0.1) is 0 Å². The quantitative estimate of drug-likeness (QED) is 0.829. The van der Waals surface area contributed by atoms with Crippen molar-refractivity contribution in [1.82, 2.24) is 5.32 Å². The first-order chi connectivity index (χ1) is 8.95. The molecule has 0 saturated carbocycles. The molecule has 0 aliphatic rings. The van der Waals surface area contributed by atoms with Crippen LogP contribution in [-0.2, 0) is 20.9 Å². The van der Waals surface area contributed by atoms with Crippen LogP contribution in [0.15, 0.2) is 30.3 Å². The smallest absolute Gasteiger partial charge is 0.408 e. The Balaban J connectivity index is 2.44. The molecule has 0 saturated heterocycles. The van der Waals surface area contributed by atoms with Gasteiger partial charge in [0.05, 0.1) is 6.61 Å². The predicted molar refractivity (Wildman–Crippen MR) is 70.5 cm³/mol. The van der Waals surface area contributed by atoms with Gasteiger partial charge in [0.2, 0.25) is 0 Å². The molecule has 0 bridgehead atoms. The molecule has 0 spiro atoms. The SMILES string of the molecule is CCOC(=O)C(C)(C)NC(=O)OCc1ccccc1. The summed E-state index contributed by atoms with van der Waals surface area (Å²) in [6, 6.07) is 9.30. The Labute approximate surface area is 112 Å². The molecule has 5 nitrogen and oxygen atoms in total. The van der Waals surface area contributed by atoms with E-state index in [1.807, 2.05) is 30.3 Å². The van der Waals surface area contributed by atoms with Crippen LogP contribution in [0.5, 0.6) is 0 Å². The fraction of sp³-hybridized carbons (Fsp3) is 0.429. The van der Waals surface area contributed by atoms with Gasteiger partial charge in [-0.2, -0.15) is 0 Å². The fourth-order valence-corrected chi connectivity index (χ4v) is 1.38. The first-order valence-corrected chi connectivity index (χ1v) is 6.12. The minimum Gasteiger partial charge on any atom is -0.464 e. The van der Waals surface area contributed by atoms with Crippen molar-refractivity contribution < 1.29 is 19.1 Å². The van der Waals surface area contributed by atoms with E-state index in [1.54, 1.807) is 20.8 Å². The van der Waals surface area contributed by atoms with Crippen molar-refractivity contribution in [3.8, 4) is 0 Å². The Hall–Kier alpha value is -2.04. The largest absolute Gasteiger partial charge is 0.464 e. The number of benzene rings is 1. The van der Waals surface area contributed by atoms with E-state index in [1.165, 1.54) is 0 Å². The number of hydrogen-bond donors (Lipinski definition) is 1. The first kappa shape index (κ1) is 15.0. The normalized spacial score (nSPS) is 10.7. The van der Waals surface area contributed by atoms with E-state index in [2.05, 4.69) is 5.32 Å². The molecule has 19 heavy (non-hydrogen) atoms. The number of hydrogen-bond acceptors (Lipinski definition) is 4.